The van der Waals surface area contributed by atoms with Crippen LogP contribution in [0.5, 0.6) is 0 Å². The summed E-state index contributed by atoms with van der Waals surface area (Å²) >= 11 is 1.22. The molecule has 3 rings (SSSR count). The second-order valence-electron chi connectivity index (χ2n) is 9.41. The number of aromatic nitrogens is 3. The standard InChI is InChI=1S/C22H33N5O3S2/c1-6-15(2)26(18-11-12-32(29,30)14-18)19(28)13-31-21-25-24-20(27(21)23)16-7-9-17(10-8-16)22(3,4)5/h7-10,15,18H,6,11-14,23H2,1-5H3/t15-,18-/m1/s1. The Morgan fingerprint density at radius 3 is 2.47 bits per heavy atom. The molecule has 2 N–H and O–H groups in total. The number of nitrogens with zero attached hydrogens (tertiary/aromatic N) is 4. The summed E-state index contributed by atoms with van der Waals surface area (Å²) in [6, 6.07) is 7.75. The third kappa shape index (κ3) is 5.46. The van der Waals surface area contributed by atoms with E-state index in [4.69, 9.17) is 5.84 Å². The number of hydrogen-bond acceptors (Lipinski definition) is 7. The average Bonchev–Trinajstić information content (AvgIpc) is 3.27. The second-order valence-corrected chi connectivity index (χ2v) is 12.6. The normalized spacial score (nSPS) is 19.1. The zero-order chi connectivity index (χ0) is 23.7. The third-order valence-corrected chi connectivity index (χ3v) is 8.63. The lowest BCUT2D eigenvalue weighted by molar-refractivity contribution is -0.132. The van der Waals surface area contributed by atoms with Crippen LogP contribution in [0.1, 0.15) is 53.0 Å². The van der Waals surface area contributed by atoms with Gasteiger partial charge in [-0.2, -0.15) is 0 Å². The first-order valence-electron chi connectivity index (χ1n) is 10.9. The first kappa shape index (κ1) is 24.6. The van der Waals surface area contributed by atoms with Crippen molar-refractivity contribution in [2.75, 3.05) is 23.1 Å². The van der Waals surface area contributed by atoms with Gasteiger partial charge in [-0.3, -0.25) is 4.79 Å². The number of amides is 1. The minimum atomic E-state index is -3.08. The Kier molecular flexibility index (Phi) is 7.24. The van der Waals surface area contributed by atoms with E-state index >= 15 is 0 Å². The van der Waals surface area contributed by atoms with Gasteiger partial charge in [0.2, 0.25) is 11.1 Å². The molecule has 1 aromatic heterocycles. The number of sulfone groups is 1. The molecule has 32 heavy (non-hydrogen) atoms. The van der Waals surface area contributed by atoms with Crippen molar-refractivity contribution in [3.05, 3.63) is 29.8 Å². The summed E-state index contributed by atoms with van der Waals surface area (Å²) in [5.74, 6) is 6.95. The number of nitrogen functional groups attached to an aromatic ring is 1. The number of carbonyl (C=O) groups is 1. The van der Waals surface area contributed by atoms with E-state index in [0.717, 1.165) is 12.0 Å². The van der Waals surface area contributed by atoms with Crippen molar-refractivity contribution < 1.29 is 13.2 Å². The molecule has 2 heterocycles. The van der Waals surface area contributed by atoms with E-state index in [2.05, 4.69) is 43.1 Å². The molecule has 1 fully saturated rings. The smallest absolute Gasteiger partial charge is 0.233 e. The van der Waals surface area contributed by atoms with Gasteiger partial charge in [-0.15, -0.1) is 10.2 Å². The molecule has 1 amide bonds. The molecule has 8 nitrogen and oxygen atoms in total. The van der Waals surface area contributed by atoms with Crippen LogP contribution in [0.4, 0.5) is 0 Å². The van der Waals surface area contributed by atoms with Crippen LogP contribution in [0.3, 0.4) is 0 Å². The molecule has 2 atom stereocenters. The molecule has 0 aliphatic carbocycles. The van der Waals surface area contributed by atoms with Crippen LogP contribution in [0.25, 0.3) is 11.4 Å². The lowest BCUT2D eigenvalue weighted by Gasteiger charge is -2.33. The first-order valence-corrected chi connectivity index (χ1v) is 13.7. The molecule has 1 aliphatic heterocycles. The van der Waals surface area contributed by atoms with Crippen LogP contribution in [-0.2, 0) is 20.0 Å². The van der Waals surface area contributed by atoms with E-state index in [1.54, 1.807) is 4.90 Å². The zero-order valence-corrected chi connectivity index (χ0v) is 21.0. The van der Waals surface area contributed by atoms with Gasteiger partial charge in [0.05, 0.1) is 17.3 Å². The number of benzene rings is 1. The SMILES string of the molecule is CC[C@@H](C)N(C(=O)CSc1nnc(-c2ccc(C(C)(C)C)cc2)n1N)[C@@H]1CCS(=O)(=O)C1. The van der Waals surface area contributed by atoms with E-state index in [9.17, 15) is 13.2 Å². The van der Waals surface area contributed by atoms with Crippen molar-refractivity contribution in [3.8, 4) is 11.4 Å². The van der Waals surface area contributed by atoms with Crippen LogP contribution in [0, 0.1) is 0 Å². The van der Waals surface area contributed by atoms with Crippen molar-refractivity contribution in [2.24, 2.45) is 0 Å². The predicted octanol–water partition coefficient (Wildman–Crippen LogP) is 2.86. The van der Waals surface area contributed by atoms with Gasteiger partial charge in [0.1, 0.15) is 0 Å². The van der Waals surface area contributed by atoms with E-state index in [-0.39, 0.29) is 40.7 Å². The molecule has 2 aromatic rings. The molecule has 10 heteroatoms. The Bertz CT molecular complexity index is 1060. The maximum absolute atomic E-state index is 13.0. The second kappa shape index (κ2) is 9.43. The summed E-state index contributed by atoms with van der Waals surface area (Å²) in [7, 11) is -3.08. The molecular weight excluding hydrogens is 446 g/mol. The fraction of sp³-hybridized carbons (Fsp3) is 0.591. The van der Waals surface area contributed by atoms with Crippen molar-refractivity contribution in [3.63, 3.8) is 0 Å². The fourth-order valence-electron chi connectivity index (χ4n) is 3.89. The van der Waals surface area contributed by atoms with Gasteiger partial charge in [-0.05, 0) is 30.7 Å². The molecule has 1 aromatic carbocycles. The lowest BCUT2D eigenvalue weighted by atomic mass is 9.87. The summed E-state index contributed by atoms with van der Waals surface area (Å²) in [5.41, 5.74) is 2.11. The zero-order valence-electron chi connectivity index (χ0n) is 19.4. The van der Waals surface area contributed by atoms with Crippen LogP contribution in [0.15, 0.2) is 29.4 Å². The van der Waals surface area contributed by atoms with Gasteiger partial charge in [-0.25, -0.2) is 13.1 Å². The molecule has 1 aliphatic rings. The largest absolute Gasteiger partial charge is 0.335 e. The van der Waals surface area contributed by atoms with E-state index in [0.29, 0.717) is 17.4 Å². The Morgan fingerprint density at radius 1 is 1.28 bits per heavy atom. The Labute approximate surface area is 194 Å². The van der Waals surface area contributed by atoms with Crippen LogP contribution in [0.2, 0.25) is 0 Å². The predicted molar refractivity (Wildman–Crippen MR) is 129 cm³/mol. The topological polar surface area (TPSA) is 111 Å². The summed E-state index contributed by atoms with van der Waals surface area (Å²) in [6.07, 6.45) is 1.25. The summed E-state index contributed by atoms with van der Waals surface area (Å²) in [6.45, 7) is 10.4. The average molecular weight is 480 g/mol. The molecule has 176 valence electrons. The highest BCUT2D eigenvalue weighted by molar-refractivity contribution is 7.99. The molecule has 1 saturated heterocycles. The quantitative estimate of drug-likeness (QED) is 0.480. The molecular formula is C22H33N5O3S2. The third-order valence-electron chi connectivity index (χ3n) is 5.95. The number of thioether (sulfide) groups is 1. The van der Waals surface area contributed by atoms with Crippen LogP contribution < -0.4 is 5.84 Å². The van der Waals surface area contributed by atoms with Crippen molar-refractivity contribution in [1.82, 2.24) is 19.8 Å². The van der Waals surface area contributed by atoms with Crippen molar-refractivity contribution in [1.29, 1.82) is 0 Å². The Balaban J connectivity index is 1.71. The minimum absolute atomic E-state index is 0.0333. The molecule has 0 spiro atoms. The molecule has 0 unspecified atom stereocenters. The van der Waals surface area contributed by atoms with Gasteiger partial charge in [0.15, 0.2) is 15.7 Å². The van der Waals surface area contributed by atoms with Crippen LogP contribution in [-0.4, -0.2) is 63.4 Å². The van der Waals surface area contributed by atoms with Gasteiger partial charge in [0, 0.05) is 17.6 Å². The highest BCUT2D eigenvalue weighted by Crippen LogP contribution is 2.27. The lowest BCUT2D eigenvalue weighted by Crippen LogP contribution is -2.47. The number of carbonyl (C=O) groups excluding carboxylic acids is 1. The number of rotatable bonds is 7. The maximum Gasteiger partial charge on any atom is 0.233 e. The molecule has 0 saturated carbocycles. The van der Waals surface area contributed by atoms with Gasteiger partial charge in [0.25, 0.3) is 0 Å². The van der Waals surface area contributed by atoms with Gasteiger partial charge < -0.3 is 10.7 Å². The van der Waals surface area contributed by atoms with E-state index < -0.39 is 9.84 Å². The number of nitrogens with two attached hydrogens (primary N) is 1. The van der Waals surface area contributed by atoms with Gasteiger partial charge >= 0.3 is 0 Å². The Morgan fingerprint density at radius 2 is 1.94 bits per heavy atom. The molecule has 0 bridgehead atoms. The van der Waals surface area contributed by atoms with Gasteiger partial charge in [-0.1, -0.05) is 63.7 Å². The maximum atomic E-state index is 13.0. The molecule has 0 radical (unpaired) electrons. The van der Waals surface area contributed by atoms with Crippen molar-refractivity contribution in [2.45, 2.75) is 70.1 Å². The monoisotopic (exact) mass is 479 g/mol. The first-order chi connectivity index (χ1) is 14.9. The van der Waals surface area contributed by atoms with E-state index in [1.165, 1.54) is 22.0 Å². The highest BCUT2D eigenvalue weighted by atomic mass is 32.2. The minimum Gasteiger partial charge on any atom is -0.335 e. The summed E-state index contributed by atoms with van der Waals surface area (Å²) in [5, 5.41) is 8.82. The summed E-state index contributed by atoms with van der Waals surface area (Å²) in [4.78, 5) is 14.8. The highest BCUT2D eigenvalue weighted by Gasteiger charge is 2.36. The number of hydrogen-bond donors (Lipinski definition) is 1. The fourth-order valence-corrected chi connectivity index (χ4v) is 6.33. The Hall–Kier alpha value is -2.07. The van der Waals surface area contributed by atoms with E-state index in [1.807, 2.05) is 26.0 Å². The van der Waals surface area contributed by atoms with Crippen LogP contribution >= 0.6 is 11.8 Å². The summed E-state index contributed by atoms with van der Waals surface area (Å²) < 4.78 is 25.3. The van der Waals surface area contributed by atoms with Crippen molar-refractivity contribution >= 4 is 27.5 Å².